The molecule has 0 radical (unpaired) electrons. The van der Waals surface area contributed by atoms with Gasteiger partial charge < -0.3 is 10.5 Å². The number of benzene rings is 1. The maximum Gasteiger partial charge on any atom is 0.123 e. The molecular weight excluding hydrogens is 181 g/mol. The van der Waals surface area contributed by atoms with Crippen molar-refractivity contribution in [2.45, 2.75) is 18.4 Å². The van der Waals surface area contributed by atoms with E-state index in [0.717, 1.165) is 18.6 Å². The molecule has 3 heteroatoms. The van der Waals surface area contributed by atoms with Crippen molar-refractivity contribution in [3.63, 3.8) is 0 Å². The van der Waals surface area contributed by atoms with Crippen LogP contribution in [0.25, 0.3) is 0 Å². The van der Waals surface area contributed by atoms with E-state index in [2.05, 4.69) is 0 Å². The third-order valence-electron chi connectivity index (χ3n) is 2.70. The number of nitrogens with two attached hydrogens (primary N) is 1. The molecular formula is C11H14FNO. The summed E-state index contributed by atoms with van der Waals surface area (Å²) in [6, 6.07) is 6.62. The number of rotatable bonds is 1. The number of hydrogen-bond acceptors (Lipinski definition) is 2. The Kier molecular flexibility index (Phi) is 2.79. The molecule has 0 amide bonds. The summed E-state index contributed by atoms with van der Waals surface area (Å²) in [5.41, 5.74) is 7.04. The number of hydrogen-bond donors (Lipinski definition) is 1. The minimum Gasteiger partial charge on any atom is -0.380 e. The third-order valence-corrected chi connectivity index (χ3v) is 2.70. The van der Waals surface area contributed by atoms with Crippen LogP contribution in [0.2, 0.25) is 0 Å². The van der Waals surface area contributed by atoms with E-state index >= 15 is 0 Å². The first-order valence-corrected chi connectivity index (χ1v) is 4.86. The summed E-state index contributed by atoms with van der Waals surface area (Å²) in [5.74, 6) is 0.110. The lowest BCUT2D eigenvalue weighted by molar-refractivity contribution is 0.0696. The van der Waals surface area contributed by atoms with E-state index in [1.807, 2.05) is 12.1 Å². The van der Waals surface area contributed by atoms with Crippen LogP contribution in [-0.4, -0.2) is 19.3 Å². The first-order valence-electron chi connectivity index (χ1n) is 4.86. The molecule has 0 bridgehead atoms. The summed E-state index contributed by atoms with van der Waals surface area (Å²) in [6.07, 6.45) is 0.923. The minimum atomic E-state index is -0.200. The van der Waals surface area contributed by atoms with Crippen LogP contribution in [0.5, 0.6) is 0 Å². The molecule has 2 nitrogen and oxygen atoms in total. The van der Waals surface area contributed by atoms with Gasteiger partial charge in [0.05, 0.1) is 6.61 Å². The molecule has 14 heavy (non-hydrogen) atoms. The third kappa shape index (κ3) is 1.94. The molecule has 76 valence electrons. The Morgan fingerprint density at radius 3 is 2.64 bits per heavy atom. The quantitative estimate of drug-likeness (QED) is 0.739. The van der Waals surface area contributed by atoms with Gasteiger partial charge in [-0.3, -0.25) is 0 Å². The van der Waals surface area contributed by atoms with Crippen LogP contribution in [0.4, 0.5) is 4.39 Å². The van der Waals surface area contributed by atoms with E-state index < -0.39 is 0 Å². The van der Waals surface area contributed by atoms with Gasteiger partial charge in [0.2, 0.25) is 0 Å². The van der Waals surface area contributed by atoms with Gasteiger partial charge in [0.15, 0.2) is 0 Å². The molecule has 2 rings (SSSR count). The molecule has 1 heterocycles. The van der Waals surface area contributed by atoms with Crippen molar-refractivity contribution in [2.75, 3.05) is 13.2 Å². The van der Waals surface area contributed by atoms with E-state index in [1.165, 1.54) is 12.1 Å². The Morgan fingerprint density at radius 1 is 1.29 bits per heavy atom. The van der Waals surface area contributed by atoms with Gasteiger partial charge in [-0.15, -0.1) is 0 Å². The molecule has 0 spiro atoms. The standard InChI is InChI=1S/C11H14FNO/c12-9-3-1-8(2-4-9)10-5-6-14-7-11(10)13/h1-4,10-11H,5-7,13H2. The normalized spacial score (nSPS) is 27.6. The average molecular weight is 195 g/mol. The maximum atomic E-state index is 12.7. The van der Waals surface area contributed by atoms with E-state index in [9.17, 15) is 4.39 Å². The second kappa shape index (κ2) is 4.07. The van der Waals surface area contributed by atoms with Crippen molar-refractivity contribution >= 4 is 0 Å². The fourth-order valence-electron chi connectivity index (χ4n) is 1.88. The molecule has 2 atom stereocenters. The van der Waals surface area contributed by atoms with E-state index in [0.29, 0.717) is 12.5 Å². The summed E-state index contributed by atoms with van der Waals surface area (Å²) in [6.45, 7) is 1.35. The van der Waals surface area contributed by atoms with Crippen molar-refractivity contribution in [3.05, 3.63) is 35.6 Å². The Bertz CT molecular complexity index is 299. The Morgan fingerprint density at radius 2 is 2.00 bits per heavy atom. The van der Waals surface area contributed by atoms with Crippen LogP contribution in [0.15, 0.2) is 24.3 Å². The highest BCUT2D eigenvalue weighted by atomic mass is 19.1. The lowest BCUT2D eigenvalue weighted by Gasteiger charge is -2.28. The van der Waals surface area contributed by atoms with Gasteiger partial charge in [-0.1, -0.05) is 12.1 Å². The summed E-state index contributed by atoms with van der Waals surface area (Å²) >= 11 is 0. The van der Waals surface area contributed by atoms with Gasteiger partial charge >= 0.3 is 0 Å². The Balaban J connectivity index is 2.16. The molecule has 1 aliphatic heterocycles. The van der Waals surface area contributed by atoms with Crippen LogP contribution in [-0.2, 0) is 4.74 Å². The zero-order valence-corrected chi connectivity index (χ0v) is 7.95. The summed E-state index contributed by atoms with van der Waals surface area (Å²) in [7, 11) is 0. The smallest absolute Gasteiger partial charge is 0.123 e. The molecule has 2 N–H and O–H groups in total. The molecule has 0 aromatic heterocycles. The van der Waals surface area contributed by atoms with Crippen molar-refractivity contribution in [2.24, 2.45) is 5.73 Å². The summed E-state index contributed by atoms with van der Waals surface area (Å²) < 4.78 is 18.0. The van der Waals surface area contributed by atoms with Crippen molar-refractivity contribution in [1.82, 2.24) is 0 Å². The summed E-state index contributed by atoms with van der Waals surface area (Å²) in [4.78, 5) is 0. The molecule has 0 saturated carbocycles. The van der Waals surface area contributed by atoms with Gasteiger partial charge in [-0.05, 0) is 24.1 Å². The van der Waals surface area contributed by atoms with Crippen molar-refractivity contribution < 1.29 is 9.13 Å². The van der Waals surface area contributed by atoms with Crippen molar-refractivity contribution in [1.29, 1.82) is 0 Å². The Hall–Kier alpha value is -0.930. The van der Waals surface area contributed by atoms with Gasteiger partial charge in [0.25, 0.3) is 0 Å². The Labute approximate surface area is 82.9 Å². The van der Waals surface area contributed by atoms with Crippen LogP contribution in [0.1, 0.15) is 17.9 Å². The first-order chi connectivity index (χ1) is 6.77. The van der Waals surface area contributed by atoms with Gasteiger partial charge in [-0.2, -0.15) is 0 Å². The predicted octanol–water partition coefficient (Wildman–Crippen LogP) is 1.66. The van der Waals surface area contributed by atoms with Crippen molar-refractivity contribution in [3.8, 4) is 0 Å². The number of ether oxygens (including phenoxy) is 1. The van der Waals surface area contributed by atoms with Crippen LogP contribution >= 0.6 is 0 Å². The van der Waals surface area contributed by atoms with Gasteiger partial charge in [0.1, 0.15) is 5.82 Å². The zero-order chi connectivity index (χ0) is 9.97. The molecule has 2 unspecified atom stereocenters. The van der Waals surface area contributed by atoms with E-state index in [1.54, 1.807) is 0 Å². The second-order valence-corrected chi connectivity index (χ2v) is 3.69. The number of halogens is 1. The first kappa shape index (κ1) is 9.62. The predicted molar refractivity (Wildman–Crippen MR) is 52.6 cm³/mol. The lowest BCUT2D eigenvalue weighted by atomic mass is 9.88. The minimum absolute atomic E-state index is 0.0363. The molecule has 1 aromatic rings. The second-order valence-electron chi connectivity index (χ2n) is 3.69. The van der Waals surface area contributed by atoms with Gasteiger partial charge in [0, 0.05) is 18.6 Å². The molecule has 1 saturated heterocycles. The molecule has 0 aliphatic carbocycles. The largest absolute Gasteiger partial charge is 0.380 e. The summed E-state index contributed by atoms with van der Waals surface area (Å²) in [5, 5.41) is 0. The van der Waals surface area contributed by atoms with Crippen LogP contribution < -0.4 is 5.73 Å². The maximum absolute atomic E-state index is 12.7. The molecule has 1 aliphatic rings. The average Bonchev–Trinajstić information content (AvgIpc) is 2.20. The van der Waals surface area contributed by atoms with Crippen LogP contribution in [0.3, 0.4) is 0 Å². The topological polar surface area (TPSA) is 35.2 Å². The fraction of sp³-hybridized carbons (Fsp3) is 0.455. The zero-order valence-electron chi connectivity index (χ0n) is 7.95. The highest BCUT2D eigenvalue weighted by Gasteiger charge is 2.23. The highest BCUT2D eigenvalue weighted by molar-refractivity contribution is 5.22. The van der Waals surface area contributed by atoms with E-state index in [4.69, 9.17) is 10.5 Å². The SMILES string of the molecule is NC1COCCC1c1ccc(F)cc1. The lowest BCUT2D eigenvalue weighted by Crippen LogP contribution is -2.37. The monoisotopic (exact) mass is 195 g/mol. The molecule has 1 fully saturated rings. The fourth-order valence-corrected chi connectivity index (χ4v) is 1.88. The van der Waals surface area contributed by atoms with Gasteiger partial charge in [-0.25, -0.2) is 4.39 Å². The van der Waals surface area contributed by atoms with Crippen LogP contribution in [0, 0.1) is 5.82 Å². The van der Waals surface area contributed by atoms with E-state index in [-0.39, 0.29) is 11.9 Å². The highest BCUT2D eigenvalue weighted by Crippen LogP contribution is 2.25. The molecule has 1 aromatic carbocycles.